The molecule has 0 amide bonds. The van der Waals surface area contributed by atoms with Crippen molar-refractivity contribution < 1.29 is 9.47 Å². The van der Waals surface area contributed by atoms with E-state index in [9.17, 15) is 4.79 Å². The largest absolute Gasteiger partial charge is 0.493 e. The Hall–Kier alpha value is -2.76. The Morgan fingerprint density at radius 2 is 1.79 bits per heavy atom. The molecular formula is C18H23N3O3. The highest BCUT2D eigenvalue weighted by Gasteiger charge is 2.15. The number of H-pyrrole nitrogens is 1. The fourth-order valence-electron chi connectivity index (χ4n) is 2.35. The van der Waals surface area contributed by atoms with Crippen LogP contribution >= 0.6 is 0 Å². The minimum atomic E-state index is -0.427. The minimum Gasteiger partial charge on any atom is -0.493 e. The molecule has 0 aliphatic rings. The van der Waals surface area contributed by atoms with Gasteiger partial charge in [-0.1, -0.05) is 12.7 Å². The van der Waals surface area contributed by atoms with E-state index in [2.05, 4.69) is 21.9 Å². The summed E-state index contributed by atoms with van der Waals surface area (Å²) < 4.78 is 10.7. The molecule has 0 atom stereocenters. The van der Waals surface area contributed by atoms with Crippen LogP contribution in [0.1, 0.15) is 26.3 Å². The third-order valence-electron chi connectivity index (χ3n) is 3.31. The molecule has 0 spiro atoms. The zero-order chi connectivity index (χ0) is 17.9. The number of nitrogens with zero attached hydrogens (tertiary/aromatic N) is 1. The smallest absolute Gasteiger partial charge is 0.347 e. The fourth-order valence-corrected chi connectivity index (χ4v) is 2.35. The van der Waals surface area contributed by atoms with E-state index in [0.717, 1.165) is 11.1 Å². The molecule has 6 heteroatoms. The molecule has 0 unspecified atom stereocenters. The van der Waals surface area contributed by atoms with Crippen LogP contribution in [0, 0.1) is 0 Å². The molecule has 0 fully saturated rings. The quantitative estimate of drug-likeness (QED) is 0.880. The number of rotatable bonds is 5. The van der Waals surface area contributed by atoms with Crippen molar-refractivity contribution in [2.75, 3.05) is 19.5 Å². The highest BCUT2D eigenvalue weighted by Crippen LogP contribution is 2.35. The molecule has 1 aromatic carbocycles. The second-order valence-corrected chi connectivity index (χ2v) is 6.36. The van der Waals surface area contributed by atoms with Gasteiger partial charge in [0, 0.05) is 17.2 Å². The van der Waals surface area contributed by atoms with E-state index in [1.165, 1.54) is 0 Å². The molecule has 0 radical (unpaired) electrons. The predicted octanol–water partition coefficient (Wildman–Crippen LogP) is 3.31. The number of methoxy groups -OCH3 is 2. The molecule has 1 aromatic heterocycles. The number of hydrogen-bond acceptors (Lipinski definition) is 5. The van der Waals surface area contributed by atoms with E-state index in [1.807, 2.05) is 32.9 Å². The van der Waals surface area contributed by atoms with Crippen molar-refractivity contribution in [1.82, 2.24) is 9.97 Å². The standard InChI is InChI=1S/C18H23N3O3/c1-7-11-8-14(23-5)15(24-6)9-12(11)13-10-16(20-17(22)19-13)21-18(2,3)4/h7-10H,1H2,2-6H3,(H2,19,20,21,22). The zero-order valence-corrected chi connectivity index (χ0v) is 14.7. The Morgan fingerprint density at radius 1 is 1.17 bits per heavy atom. The maximum Gasteiger partial charge on any atom is 0.347 e. The van der Waals surface area contributed by atoms with Crippen LogP contribution in [0.15, 0.2) is 29.6 Å². The number of hydrogen-bond donors (Lipinski definition) is 2. The van der Waals surface area contributed by atoms with Gasteiger partial charge in [0.1, 0.15) is 5.82 Å². The van der Waals surface area contributed by atoms with Crippen LogP contribution in [0.4, 0.5) is 5.82 Å². The molecule has 0 bridgehead atoms. The maximum absolute atomic E-state index is 12.0. The average Bonchev–Trinajstić information content (AvgIpc) is 2.51. The van der Waals surface area contributed by atoms with E-state index in [0.29, 0.717) is 23.0 Å². The summed E-state index contributed by atoms with van der Waals surface area (Å²) in [4.78, 5) is 18.7. The molecule has 2 aromatic rings. The number of nitrogens with one attached hydrogen (secondary N) is 2. The lowest BCUT2D eigenvalue weighted by Gasteiger charge is -2.21. The van der Waals surface area contributed by atoms with Gasteiger partial charge in [0.2, 0.25) is 0 Å². The molecule has 6 nitrogen and oxygen atoms in total. The van der Waals surface area contributed by atoms with Crippen molar-refractivity contribution in [2.45, 2.75) is 26.3 Å². The number of benzene rings is 1. The summed E-state index contributed by atoms with van der Waals surface area (Å²) in [5, 5.41) is 3.21. The van der Waals surface area contributed by atoms with Crippen molar-refractivity contribution in [1.29, 1.82) is 0 Å². The third kappa shape index (κ3) is 3.95. The first-order chi connectivity index (χ1) is 11.3. The second kappa shape index (κ2) is 6.78. The number of anilines is 1. The highest BCUT2D eigenvalue weighted by atomic mass is 16.5. The zero-order valence-electron chi connectivity index (χ0n) is 14.7. The Balaban J connectivity index is 2.63. The van der Waals surface area contributed by atoms with E-state index >= 15 is 0 Å². The molecule has 0 saturated heterocycles. The summed E-state index contributed by atoms with van der Waals surface area (Å²) >= 11 is 0. The molecule has 0 saturated carbocycles. The molecular weight excluding hydrogens is 306 g/mol. The Bertz CT molecular complexity index is 804. The first-order valence-corrected chi connectivity index (χ1v) is 7.56. The fraction of sp³-hybridized carbons (Fsp3) is 0.333. The van der Waals surface area contributed by atoms with Crippen molar-refractivity contribution in [3.8, 4) is 22.8 Å². The van der Waals surface area contributed by atoms with Crippen LogP contribution in [-0.4, -0.2) is 29.7 Å². The van der Waals surface area contributed by atoms with E-state index in [4.69, 9.17) is 9.47 Å². The van der Waals surface area contributed by atoms with Gasteiger partial charge in [0.05, 0.1) is 19.9 Å². The number of aromatic amines is 1. The van der Waals surface area contributed by atoms with Gasteiger partial charge < -0.3 is 19.8 Å². The first-order valence-electron chi connectivity index (χ1n) is 7.56. The molecule has 2 N–H and O–H groups in total. The molecule has 128 valence electrons. The van der Waals surface area contributed by atoms with Gasteiger partial charge in [-0.15, -0.1) is 0 Å². The van der Waals surface area contributed by atoms with Crippen molar-refractivity contribution in [3.63, 3.8) is 0 Å². The molecule has 1 heterocycles. The van der Waals surface area contributed by atoms with Crippen LogP contribution in [0.25, 0.3) is 17.3 Å². The summed E-state index contributed by atoms with van der Waals surface area (Å²) in [6.45, 7) is 9.84. The Morgan fingerprint density at radius 3 is 2.33 bits per heavy atom. The van der Waals surface area contributed by atoms with E-state index in [1.54, 1.807) is 26.4 Å². The van der Waals surface area contributed by atoms with Gasteiger partial charge in [-0.3, -0.25) is 0 Å². The second-order valence-electron chi connectivity index (χ2n) is 6.36. The lowest BCUT2D eigenvalue weighted by Crippen LogP contribution is -2.28. The SMILES string of the molecule is C=Cc1cc(OC)c(OC)cc1-c1cc(NC(C)(C)C)nc(=O)[nH]1. The third-order valence-corrected chi connectivity index (χ3v) is 3.31. The lowest BCUT2D eigenvalue weighted by atomic mass is 10.0. The lowest BCUT2D eigenvalue weighted by molar-refractivity contribution is 0.355. The molecule has 0 aliphatic carbocycles. The normalized spacial score (nSPS) is 11.0. The van der Waals surface area contributed by atoms with Crippen molar-refractivity contribution in [3.05, 3.63) is 40.8 Å². The maximum atomic E-state index is 12.0. The van der Waals surface area contributed by atoms with Gasteiger partial charge in [-0.2, -0.15) is 4.98 Å². The van der Waals surface area contributed by atoms with Gasteiger partial charge >= 0.3 is 5.69 Å². The monoisotopic (exact) mass is 329 g/mol. The van der Waals surface area contributed by atoms with E-state index in [-0.39, 0.29) is 5.54 Å². The Kier molecular flexibility index (Phi) is 4.97. The summed E-state index contributed by atoms with van der Waals surface area (Å²) in [7, 11) is 3.14. The van der Waals surface area contributed by atoms with Gasteiger partial charge in [0.15, 0.2) is 11.5 Å². The highest BCUT2D eigenvalue weighted by molar-refractivity contribution is 5.77. The van der Waals surface area contributed by atoms with Crippen molar-refractivity contribution >= 4 is 11.9 Å². The van der Waals surface area contributed by atoms with Crippen LogP contribution in [-0.2, 0) is 0 Å². The van der Waals surface area contributed by atoms with Crippen molar-refractivity contribution in [2.24, 2.45) is 0 Å². The van der Waals surface area contributed by atoms with Gasteiger partial charge in [0.25, 0.3) is 0 Å². The van der Waals surface area contributed by atoms with Gasteiger partial charge in [-0.25, -0.2) is 4.79 Å². The minimum absolute atomic E-state index is 0.211. The molecule has 2 rings (SSSR count). The van der Waals surface area contributed by atoms with Gasteiger partial charge in [-0.05, 0) is 38.5 Å². The summed E-state index contributed by atoms with van der Waals surface area (Å²) in [5.74, 6) is 1.67. The average molecular weight is 329 g/mol. The van der Waals surface area contributed by atoms with Crippen LogP contribution in [0.2, 0.25) is 0 Å². The molecule has 0 aliphatic heterocycles. The summed E-state index contributed by atoms with van der Waals surface area (Å²) in [6.07, 6.45) is 1.70. The summed E-state index contributed by atoms with van der Waals surface area (Å²) in [5.41, 5.74) is 1.58. The summed E-state index contributed by atoms with van der Waals surface area (Å²) in [6, 6.07) is 5.42. The predicted molar refractivity (Wildman–Crippen MR) is 96.9 cm³/mol. The number of aromatic nitrogens is 2. The first kappa shape index (κ1) is 17.6. The topological polar surface area (TPSA) is 76.2 Å². The van der Waals surface area contributed by atoms with Crippen LogP contribution in [0.5, 0.6) is 11.5 Å². The van der Waals surface area contributed by atoms with Crippen LogP contribution in [0.3, 0.4) is 0 Å². The number of ether oxygens (including phenoxy) is 2. The van der Waals surface area contributed by atoms with E-state index < -0.39 is 5.69 Å². The Labute approximate surface area is 141 Å². The molecule has 24 heavy (non-hydrogen) atoms. The van der Waals surface area contributed by atoms with Crippen LogP contribution < -0.4 is 20.5 Å².